The van der Waals surface area contributed by atoms with E-state index in [9.17, 15) is 0 Å². The quantitative estimate of drug-likeness (QED) is 0.774. The van der Waals surface area contributed by atoms with E-state index in [0.717, 1.165) is 6.42 Å². The summed E-state index contributed by atoms with van der Waals surface area (Å²) in [4.78, 5) is 0. The van der Waals surface area contributed by atoms with Crippen molar-refractivity contribution in [2.75, 3.05) is 6.61 Å². The second kappa shape index (κ2) is 4.63. The van der Waals surface area contributed by atoms with Gasteiger partial charge in [0.2, 0.25) is 0 Å². The number of aliphatic hydroxyl groups is 1. The van der Waals surface area contributed by atoms with Gasteiger partial charge < -0.3 is 15.2 Å². The van der Waals surface area contributed by atoms with Crippen LogP contribution in [0.1, 0.15) is 48.0 Å². The fourth-order valence-electron chi connectivity index (χ4n) is 2.46. The van der Waals surface area contributed by atoms with Gasteiger partial charge in [0.05, 0.1) is 11.2 Å². The van der Waals surface area contributed by atoms with Gasteiger partial charge in [0.25, 0.3) is 0 Å². The first-order valence-corrected chi connectivity index (χ1v) is 6.25. The summed E-state index contributed by atoms with van der Waals surface area (Å²) in [6, 6.07) is 0.665. The predicted molar refractivity (Wildman–Crippen MR) is 66.5 cm³/mol. The molecule has 1 heterocycles. The van der Waals surface area contributed by atoms with Crippen molar-refractivity contribution in [3.8, 4) is 0 Å². The van der Waals surface area contributed by atoms with Crippen molar-refractivity contribution < 1.29 is 9.84 Å². The maximum atomic E-state index is 9.14. The summed E-state index contributed by atoms with van der Waals surface area (Å²) in [5, 5.41) is 12.7. The molecule has 3 unspecified atom stereocenters. The lowest BCUT2D eigenvalue weighted by Gasteiger charge is -2.31. The van der Waals surface area contributed by atoms with Crippen LogP contribution in [-0.4, -0.2) is 35.0 Å². The summed E-state index contributed by atoms with van der Waals surface area (Å²) >= 11 is 0. The van der Waals surface area contributed by atoms with E-state index in [2.05, 4.69) is 46.9 Å². The van der Waals surface area contributed by atoms with Gasteiger partial charge in [-0.2, -0.15) is 0 Å². The monoisotopic (exact) mass is 229 g/mol. The molecule has 0 saturated carbocycles. The molecule has 0 aromatic carbocycles. The molecule has 1 fully saturated rings. The van der Waals surface area contributed by atoms with E-state index in [1.54, 1.807) is 0 Å². The Kier molecular flexibility index (Phi) is 4.04. The van der Waals surface area contributed by atoms with E-state index in [1.165, 1.54) is 0 Å². The van der Waals surface area contributed by atoms with Crippen LogP contribution in [0.2, 0.25) is 0 Å². The highest BCUT2D eigenvalue weighted by molar-refractivity contribution is 4.99. The molecule has 3 atom stereocenters. The number of hydrogen-bond acceptors (Lipinski definition) is 3. The zero-order valence-electron chi connectivity index (χ0n) is 11.5. The van der Waals surface area contributed by atoms with E-state index >= 15 is 0 Å². The molecule has 96 valence electrons. The molecule has 3 heteroatoms. The lowest BCUT2D eigenvalue weighted by atomic mass is 9.92. The molecule has 1 rings (SSSR count). The third-order valence-electron chi connectivity index (χ3n) is 3.68. The van der Waals surface area contributed by atoms with Crippen molar-refractivity contribution in [3.05, 3.63) is 0 Å². The highest BCUT2D eigenvalue weighted by Gasteiger charge is 2.46. The van der Waals surface area contributed by atoms with Crippen LogP contribution in [0.5, 0.6) is 0 Å². The minimum Gasteiger partial charge on any atom is -0.396 e. The Balaban J connectivity index is 2.61. The Morgan fingerprint density at radius 3 is 2.25 bits per heavy atom. The second-order valence-electron chi connectivity index (χ2n) is 6.34. The summed E-state index contributed by atoms with van der Waals surface area (Å²) in [6.07, 6.45) is 1.02. The second-order valence-corrected chi connectivity index (χ2v) is 6.34. The van der Waals surface area contributed by atoms with Gasteiger partial charge in [-0.25, -0.2) is 0 Å². The SMILES string of the molecule is CC(CO)C(C)NC1CC(C)(C)OC1(C)C. The van der Waals surface area contributed by atoms with E-state index < -0.39 is 0 Å². The van der Waals surface area contributed by atoms with Crippen LogP contribution in [0, 0.1) is 5.92 Å². The summed E-state index contributed by atoms with van der Waals surface area (Å²) in [6.45, 7) is 13.0. The first-order chi connectivity index (χ1) is 7.18. The number of aliphatic hydroxyl groups excluding tert-OH is 1. The van der Waals surface area contributed by atoms with Crippen molar-refractivity contribution in [1.29, 1.82) is 0 Å². The zero-order valence-corrected chi connectivity index (χ0v) is 11.5. The molecule has 1 aliphatic rings. The van der Waals surface area contributed by atoms with Crippen LogP contribution >= 0.6 is 0 Å². The van der Waals surface area contributed by atoms with E-state index in [4.69, 9.17) is 9.84 Å². The number of rotatable bonds is 4. The standard InChI is InChI=1S/C13H27NO2/c1-9(8-15)10(2)14-11-7-12(3,4)16-13(11,5)6/h9-11,14-15H,7-8H2,1-6H3. The van der Waals surface area contributed by atoms with Crippen LogP contribution < -0.4 is 5.32 Å². The van der Waals surface area contributed by atoms with Crippen molar-refractivity contribution >= 4 is 0 Å². The molecule has 3 nitrogen and oxygen atoms in total. The van der Waals surface area contributed by atoms with E-state index in [1.807, 2.05) is 0 Å². The van der Waals surface area contributed by atoms with Gasteiger partial charge in [-0.15, -0.1) is 0 Å². The van der Waals surface area contributed by atoms with Gasteiger partial charge in [0, 0.05) is 18.7 Å². The van der Waals surface area contributed by atoms with E-state index in [0.29, 0.717) is 12.1 Å². The van der Waals surface area contributed by atoms with Gasteiger partial charge >= 0.3 is 0 Å². The third-order valence-corrected chi connectivity index (χ3v) is 3.68. The minimum atomic E-state index is -0.132. The summed E-state index contributed by atoms with van der Waals surface area (Å²) < 4.78 is 6.04. The summed E-state index contributed by atoms with van der Waals surface area (Å²) in [7, 11) is 0. The average molecular weight is 229 g/mol. The molecule has 0 spiro atoms. The van der Waals surface area contributed by atoms with Gasteiger partial charge in [-0.1, -0.05) is 6.92 Å². The minimum absolute atomic E-state index is 0.0522. The topological polar surface area (TPSA) is 41.5 Å². The Bertz CT molecular complexity index is 238. The van der Waals surface area contributed by atoms with E-state index in [-0.39, 0.29) is 23.7 Å². The molecule has 0 aliphatic carbocycles. The molecule has 16 heavy (non-hydrogen) atoms. The van der Waals surface area contributed by atoms with Crippen LogP contribution in [-0.2, 0) is 4.74 Å². The number of ether oxygens (including phenoxy) is 1. The largest absolute Gasteiger partial charge is 0.396 e. The van der Waals surface area contributed by atoms with Gasteiger partial charge in [-0.3, -0.25) is 0 Å². The Morgan fingerprint density at radius 1 is 1.31 bits per heavy atom. The van der Waals surface area contributed by atoms with Crippen molar-refractivity contribution in [1.82, 2.24) is 5.32 Å². The Morgan fingerprint density at radius 2 is 1.88 bits per heavy atom. The van der Waals surface area contributed by atoms with Gasteiger partial charge in [0.15, 0.2) is 0 Å². The van der Waals surface area contributed by atoms with Gasteiger partial charge in [0.1, 0.15) is 0 Å². The molecule has 1 saturated heterocycles. The fraction of sp³-hybridized carbons (Fsp3) is 1.00. The molecule has 2 N–H and O–H groups in total. The highest BCUT2D eigenvalue weighted by Crippen LogP contribution is 2.37. The summed E-state index contributed by atoms with van der Waals surface area (Å²) in [5.41, 5.74) is -0.184. The molecule has 0 aromatic heterocycles. The lowest BCUT2D eigenvalue weighted by molar-refractivity contribution is -0.0708. The molecule has 0 amide bonds. The number of nitrogens with one attached hydrogen (secondary N) is 1. The van der Waals surface area contributed by atoms with Crippen molar-refractivity contribution in [2.45, 2.75) is 71.2 Å². The summed E-state index contributed by atoms with van der Waals surface area (Å²) in [5.74, 6) is 0.277. The zero-order chi connectivity index (χ0) is 12.6. The average Bonchev–Trinajstić information content (AvgIpc) is 2.32. The third kappa shape index (κ3) is 3.19. The fourth-order valence-corrected chi connectivity index (χ4v) is 2.46. The molecular formula is C13H27NO2. The number of hydrogen-bond donors (Lipinski definition) is 2. The van der Waals surface area contributed by atoms with Gasteiger partial charge in [-0.05, 0) is 47.0 Å². The Hall–Kier alpha value is -0.120. The maximum absolute atomic E-state index is 9.14. The lowest BCUT2D eigenvalue weighted by Crippen LogP contribution is -2.49. The van der Waals surface area contributed by atoms with Crippen LogP contribution in [0.3, 0.4) is 0 Å². The maximum Gasteiger partial charge on any atom is 0.0787 e. The molecule has 1 aliphatic heterocycles. The molecular weight excluding hydrogens is 202 g/mol. The van der Waals surface area contributed by atoms with Crippen LogP contribution in [0.15, 0.2) is 0 Å². The molecule has 0 bridgehead atoms. The molecule has 0 aromatic rings. The predicted octanol–water partition coefficient (Wildman–Crippen LogP) is 1.94. The Labute approximate surface area is 99.6 Å². The smallest absolute Gasteiger partial charge is 0.0787 e. The first-order valence-electron chi connectivity index (χ1n) is 6.25. The molecule has 0 radical (unpaired) electrons. The first kappa shape index (κ1) is 13.9. The normalized spacial score (nSPS) is 31.3. The van der Waals surface area contributed by atoms with Crippen LogP contribution in [0.25, 0.3) is 0 Å². The van der Waals surface area contributed by atoms with Crippen molar-refractivity contribution in [3.63, 3.8) is 0 Å². The van der Waals surface area contributed by atoms with Crippen LogP contribution in [0.4, 0.5) is 0 Å². The highest BCUT2D eigenvalue weighted by atomic mass is 16.5. The van der Waals surface area contributed by atoms with Crippen molar-refractivity contribution in [2.24, 2.45) is 5.92 Å².